The second-order valence-electron chi connectivity index (χ2n) is 8.59. The summed E-state index contributed by atoms with van der Waals surface area (Å²) in [6.07, 6.45) is 0. The third-order valence-corrected chi connectivity index (χ3v) is 7.02. The minimum Gasteiger partial charge on any atom is -0.506 e. The van der Waals surface area contributed by atoms with Gasteiger partial charge in [0.05, 0.1) is 17.5 Å². The molecule has 0 saturated carbocycles. The summed E-state index contributed by atoms with van der Waals surface area (Å²) in [5.74, 6) is -2.59. The summed E-state index contributed by atoms with van der Waals surface area (Å²) in [6.45, 7) is -0.370. The second-order valence-corrected chi connectivity index (χ2v) is 8.59. The van der Waals surface area contributed by atoms with Crippen LogP contribution < -0.4 is 5.32 Å². The number of phenols is 1. The summed E-state index contributed by atoms with van der Waals surface area (Å²) in [7, 11) is 0. The summed E-state index contributed by atoms with van der Waals surface area (Å²) in [5.41, 5.74) is 4.63. The molecule has 0 spiro atoms. The highest BCUT2D eigenvalue weighted by molar-refractivity contribution is 6.10. The molecule has 2 unspecified atom stereocenters. The molecule has 6 heteroatoms. The van der Waals surface area contributed by atoms with E-state index in [4.69, 9.17) is 0 Å². The molecule has 4 aliphatic rings. The number of carbonyl (C=O) groups excluding carboxylic acids is 3. The van der Waals surface area contributed by atoms with Gasteiger partial charge in [-0.3, -0.25) is 19.3 Å². The van der Waals surface area contributed by atoms with Crippen molar-refractivity contribution in [3.63, 3.8) is 0 Å². The number of likely N-dealkylation sites (tertiary alicyclic amines) is 1. The molecule has 2 atom stereocenters. The number of benzene rings is 3. The Hall–Kier alpha value is -3.93. The molecule has 0 radical (unpaired) electrons. The Morgan fingerprint density at radius 1 is 0.750 bits per heavy atom. The van der Waals surface area contributed by atoms with E-state index in [1.807, 2.05) is 48.5 Å². The fourth-order valence-corrected chi connectivity index (χ4v) is 5.81. The molecule has 7 rings (SSSR count). The monoisotopic (exact) mass is 424 g/mol. The van der Waals surface area contributed by atoms with Gasteiger partial charge in [-0.25, -0.2) is 0 Å². The minimum atomic E-state index is -0.519. The van der Waals surface area contributed by atoms with E-state index in [2.05, 4.69) is 5.32 Å². The Morgan fingerprint density at radius 2 is 1.19 bits per heavy atom. The van der Waals surface area contributed by atoms with Gasteiger partial charge >= 0.3 is 0 Å². The van der Waals surface area contributed by atoms with Crippen LogP contribution in [-0.2, 0) is 14.4 Å². The number of anilines is 1. The number of para-hydroxylation sites is 2. The van der Waals surface area contributed by atoms with Crippen LogP contribution in [0, 0.1) is 11.8 Å². The number of phenolic OH excluding ortho intramolecular Hbond substituents is 1. The number of hydrogen-bond donors (Lipinski definition) is 2. The van der Waals surface area contributed by atoms with E-state index >= 15 is 0 Å². The highest BCUT2D eigenvalue weighted by Crippen LogP contribution is 2.60. The van der Waals surface area contributed by atoms with Crippen molar-refractivity contribution < 1.29 is 19.5 Å². The first-order valence-corrected chi connectivity index (χ1v) is 10.7. The molecule has 158 valence electrons. The molecule has 1 aliphatic heterocycles. The van der Waals surface area contributed by atoms with Crippen molar-refractivity contribution in [2.24, 2.45) is 11.8 Å². The topological polar surface area (TPSA) is 86.7 Å². The lowest BCUT2D eigenvalue weighted by atomic mass is 9.55. The van der Waals surface area contributed by atoms with Crippen LogP contribution in [-0.4, -0.2) is 34.3 Å². The average Bonchev–Trinajstić information content (AvgIpc) is 3.06. The molecular weight excluding hydrogens is 404 g/mol. The number of rotatable bonds is 3. The lowest BCUT2D eigenvalue weighted by Gasteiger charge is -2.45. The lowest BCUT2D eigenvalue weighted by Crippen LogP contribution is -2.41. The van der Waals surface area contributed by atoms with Crippen molar-refractivity contribution in [1.29, 1.82) is 0 Å². The molecular formula is C26H20N2O4. The maximum atomic E-state index is 13.5. The van der Waals surface area contributed by atoms with Gasteiger partial charge in [0, 0.05) is 11.8 Å². The van der Waals surface area contributed by atoms with Crippen LogP contribution in [0.25, 0.3) is 0 Å². The van der Waals surface area contributed by atoms with Crippen LogP contribution in [0.3, 0.4) is 0 Å². The van der Waals surface area contributed by atoms with Gasteiger partial charge in [-0.05, 0) is 34.4 Å². The smallest absolute Gasteiger partial charge is 0.244 e. The fraction of sp³-hybridized carbons (Fsp3) is 0.192. The summed E-state index contributed by atoms with van der Waals surface area (Å²) >= 11 is 0. The van der Waals surface area contributed by atoms with Gasteiger partial charge in [-0.15, -0.1) is 0 Å². The van der Waals surface area contributed by atoms with E-state index < -0.39 is 17.7 Å². The lowest BCUT2D eigenvalue weighted by molar-refractivity contribution is -0.142. The van der Waals surface area contributed by atoms with Gasteiger partial charge in [0.25, 0.3) is 0 Å². The van der Waals surface area contributed by atoms with Crippen molar-refractivity contribution in [2.75, 3.05) is 11.9 Å². The third kappa shape index (κ3) is 2.49. The van der Waals surface area contributed by atoms with E-state index in [-0.39, 0.29) is 41.6 Å². The molecule has 2 bridgehead atoms. The summed E-state index contributed by atoms with van der Waals surface area (Å²) in [5, 5.41) is 12.5. The van der Waals surface area contributed by atoms with Crippen LogP contribution >= 0.6 is 0 Å². The van der Waals surface area contributed by atoms with E-state index in [9.17, 15) is 19.5 Å². The van der Waals surface area contributed by atoms with Crippen LogP contribution in [0.2, 0.25) is 0 Å². The average molecular weight is 424 g/mol. The zero-order valence-electron chi connectivity index (χ0n) is 17.1. The molecule has 3 aliphatic carbocycles. The van der Waals surface area contributed by atoms with Gasteiger partial charge in [0.2, 0.25) is 17.7 Å². The molecule has 3 amide bonds. The van der Waals surface area contributed by atoms with Gasteiger partial charge < -0.3 is 10.4 Å². The van der Waals surface area contributed by atoms with Crippen LogP contribution in [0.1, 0.15) is 34.1 Å². The Bertz CT molecular complexity index is 1180. The predicted octanol–water partition coefficient (Wildman–Crippen LogP) is 3.22. The summed E-state index contributed by atoms with van der Waals surface area (Å²) in [4.78, 5) is 40.7. The first kappa shape index (κ1) is 18.8. The first-order valence-electron chi connectivity index (χ1n) is 10.7. The van der Waals surface area contributed by atoms with Gasteiger partial charge in [-0.1, -0.05) is 60.7 Å². The SMILES string of the molecule is O=C(CN1C(=O)C2C3c4ccccc4C(c4ccccc43)C2C1=O)Nc1ccccc1O. The van der Waals surface area contributed by atoms with E-state index in [0.717, 1.165) is 27.2 Å². The van der Waals surface area contributed by atoms with Crippen molar-refractivity contribution in [3.8, 4) is 5.75 Å². The highest BCUT2D eigenvalue weighted by atomic mass is 16.3. The molecule has 0 aromatic heterocycles. The number of imide groups is 1. The Morgan fingerprint density at radius 3 is 1.66 bits per heavy atom. The highest BCUT2D eigenvalue weighted by Gasteiger charge is 2.61. The third-order valence-electron chi connectivity index (χ3n) is 7.02. The zero-order valence-corrected chi connectivity index (χ0v) is 17.1. The molecule has 6 nitrogen and oxygen atoms in total. The second kappa shape index (κ2) is 6.79. The van der Waals surface area contributed by atoms with Crippen LogP contribution in [0.15, 0.2) is 72.8 Å². The molecule has 1 saturated heterocycles. The number of nitrogens with zero attached hydrogens (tertiary/aromatic N) is 1. The van der Waals surface area contributed by atoms with Crippen molar-refractivity contribution >= 4 is 23.4 Å². The maximum Gasteiger partial charge on any atom is 0.244 e. The molecule has 2 N–H and O–H groups in total. The number of aromatic hydroxyl groups is 1. The number of carbonyl (C=O) groups is 3. The minimum absolute atomic E-state index is 0.0717. The van der Waals surface area contributed by atoms with Crippen molar-refractivity contribution in [2.45, 2.75) is 11.8 Å². The Labute approximate surface area is 184 Å². The molecule has 1 heterocycles. The normalized spacial score (nSPS) is 24.7. The summed E-state index contributed by atoms with van der Waals surface area (Å²) in [6, 6.07) is 22.4. The molecule has 3 aromatic carbocycles. The van der Waals surface area contributed by atoms with Gasteiger partial charge in [0.1, 0.15) is 12.3 Å². The van der Waals surface area contributed by atoms with E-state index in [1.54, 1.807) is 18.2 Å². The fourth-order valence-electron chi connectivity index (χ4n) is 5.81. The quantitative estimate of drug-likeness (QED) is 0.499. The number of nitrogens with one attached hydrogen (secondary N) is 1. The molecule has 32 heavy (non-hydrogen) atoms. The predicted molar refractivity (Wildman–Crippen MR) is 117 cm³/mol. The summed E-state index contributed by atoms with van der Waals surface area (Å²) < 4.78 is 0. The Kier molecular flexibility index (Phi) is 3.99. The number of amides is 3. The van der Waals surface area contributed by atoms with Crippen molar-refractivity contribution in [1.82, 2.24) is 4.90 Å². The van der Waals surface area contributed by atoms with Crippen molar-refractivity contribution in [3.05, 3.63) is 95.1 Å². The van der Waals surface area contributed by atoms with E-state index in [0.29, 0.717) is 0 Å². The number of hydrogen-bond acceptors (Lipinski definition) is 4. The van der Waals surface area contributed by atoms with Gasteiger partial charge in [-0.2, -0.15) is 0 Å². The Balaban J connectivity index is 1.36. The molecule has 1 fully saturated rings. The first-order chi connectivity index (χ1) is 15.6. The maximum absolute atomic E-state index is 13.5. The zero-order chi connectivity index (χ0) is 22.0. The van der Waals surface area contributed by atoms with E-state index in [1.165, 1.54) is 6.07 Å². The van der Waals surface area contributed by atoms with Crippen LogP contribution in [0.4, 0.5) is 5.69 Å². The standard InChI is InChI=1S/C26H20N2O4/c29-19-12-6-5-11-18(19)27-20(30)13-28-25(31)23-21-14-7-1-2-8-15(14)22(24(23)26(28)32)17-10-4-3-9-16(17)21/h1-12,21-24,29H,13H2,(H,27,30). The van der Waals surface area contributed by atoms with Gasteiger partial charge in [0.15, 0.2) is 0 Å². The molecule has 3 aromatic rings. The van der Waals surface area contributed by atoms with Crippen LogP contribution in [0.5, 0.6) is 5.75 Å². The largest absolute Gasteiger partial charge is 0.506 e.